The van der Waals surface area contributed by atoms with Gasteiger partial charge < -0.3 is 14.2 Å². The third-order valence-electron chi connectivity index (χ3n) is 10.9. The molecule has 4 heteroatoms. The SMILES string of the molecule is c1ccc(N2c3ccccc3B3c4ccc(-c5ccc(-c6cccc7oc8ccccc8c67)cc5)cc4N(c4ccccc4)c4cccc2c43)cc1. The standard InChI is InChI=1S/C48H31BN2O/c1-3-13-35(14-4-1)50-41-20-9-8-19-39(41)49-40-30-29-34(31-44(40)51(36-15-5-2-6-16-36)43-22-12-21-42(50)48(43)49)32-25-27-33(28-26-32)37-18-11-24-46-47(37)38-17-7-10-23-45(38)52-46/h1-31H. The summed E-state index contributed by atoms with van der Waals surface area (Å²) >= 11 is 0. The normalized spacial score (nSPS) is 12.9. The van der Waals surface area contributed by atoms with Crippen molar-refractivity contribution in [2.75, 3.05) is 9.80 Å². The number of hydrogen-bond donors (Lipinski definition) is 0. The monoisotopic (exact) mass is 662 g/mol. The molecule has 0 radical (unpaired) electrons. The van der Waals surface area contributed by atoms with Crippen LogP contribution in [0.5, 0.6) is 0 Å². The predicted octanol–water partition coefficient (Wildman–Crippen LogP) is 11.0. The lowest BCUT2D eigenvalue weighted by Gasteiger charge is -2.44. The van der Waals surface area contributed by atoms with Crippen LogP contribution in [0.25, 0.3) is 44.2 Å². The summed E-state index contributed by atoms with van der Waals surface area (Å²) in [6.07, 6.45) is 0. The molecule has 1 aromatic heterocycles. The first-order valence-electron chi connectivity index (χ1n) is 17.9. The van der Waals surface area contributed by atoms with Crippen molar-refractivity contribution in [2.45, 2.75) is 0 Å². The molecular weight excluding hydrogens is 631 g/mol. The van der Waals surface area contributed by atoms with Crippen LogP contribution in [0.4, 0.5) is 34.1 Å². The molecule has 0 bridgehead atoms. The van der Waals surface area contributed by atoms with Crippen molar-refractivity contribution < 1.29 is 4.42 Å². The Morgan fingerprint density at radius 3 is 1.71 bits per heavy atom. The van der Waals surface area contributed by atoms with Gasteiger partial charge in [0.2, 0.25) is 0 Å². The van der Waals surface area contributed by atoms with Gasteiger partial charge in [0.15, 0.2) is 0 Å². The Labute approximate surface area is 302 Å². The molecule has 0 saturated heterocycles. The van der Waals surface area contributed by atoms with E-state index in [9.17, 15) is 0 Å². The molecule has 0 amide bonds. The van der Waals surface area contributed by atoms with E-state index in [-0.39, 0.29) is 6.71 Å². The maximum Gasteiger partial charge on any atom is 0.252 e. The topological polar surface area (TPSA) is 19.6 Å². The van der Waals surface area contributed by atoms with E-state index in [1.54, 1.807) is 0 Å². The highest BCUT2D eigenvalue weighted by atomic mass is 16.3. The van der Waals surface area contributed by atoms with Crippen LogP contribution < -0.4 is 26.2 Å². The van der Waals surface area contributed by atoms with Gasteiger partial charge in [-0.1, -0.05) is 127 Å². The largest absolute Gasteiger partial charge is 0.456 e. The average Bonchev–Trinajstić information content (AvgIpc) is 3.60. The van der Waals surface area contributed by atoms with E-state index in [0.717, 1.165) is 33.3 Å². The molecule has 0 fully saturated rings. The summed E-state index contributed by atoms with van der Waals surface area (Å²) in [7, 11) is 0. The quantitative estimate of drug-likeness (QED) is 0.175. The van der Waals surface area contributed by atoms with Crippen molar-refractivity contribution >= 4 is 79.2 Å². The van der Waals surface area contributed by atoms with Gasteiger partial charge >= 0.3 is 0 Å². The summed E-state index contributed by atoms with van der Waals surface area (Å²) in [6, 6.07) is 68.0. The molecule has 3 nitrogen and oxygen atoms in total. The van der Waals surface area contributed by atoms with Gasteiger partial charge in [-0.15, -0.1) is 0 Å². The fourth-order valence-electron chi connectivity index (χ4n) is 8.63. The molecule has 52 heavy (non-hydrogen) atoms. The Balaban J connectivity index is 1.08. The highest BCUT2D eigenvalue weighted by molar-refractivity contribution is 7.00. The van der Waals surface area contributed by atoms with Crippen LogP contribution in [0.15, 0.2) is 192 Å². The van der Waals surface area contributed by atoms with Crippen LogP contribution in [0.1, 0.15) is 0 Å². The number of para-hydroxylation sites is 4. The summed E-state index contributed by atoms with van der Waals surface area (Å²) < 4.78 is 6.20. The zero-order valence-corrected chi connectivity index (χ0v) is 28.3. The van der Waals surface area contributed by atoms with Gasteiger partial charge in [-0.2, -0.15) is 0 Å². The number of hydrogen-bond acceptors (Lipinski definition) is 3. The van der Waals surface area contributed by atoms with Gasteiger partial charge in [-0.05, 0) is 99.3 Å². The third kappa shape index (κ3) is 4.28. The second-order valence-corrected chi connectivity index (χ2v) is 13.7. The van der Waals surface area contributed by atoms with Gasteiger partial charge in [-0.3, -0.25) is 0 Å². The van der Waals surface area contributed by atoms with Crippen molar-refractivity contribution in [2.24, 2.45) is 0 Å². The lowest BCUT2D eigenvalue weighted by Crippen LogP contribution is -2.61. The Kier molecular flexibility index (Phi) is 6.35. The highest BCUT2D eigenvalue weighted by Gasteiger charge is 2.42. The fourth-order valence-corrected chi connectivity index (χ4v) is 8.63. The van der Waals surface area contributed by atoms with Crippen LogP contribution in [0, 0.1) is 0 Å². The van der Waals surface area contributed by atoms with Crippen LogP contribution in [0.3, 0.4) is 0 Å². The lowest BCUT2D eigenvalue weighted by molar-refractivity contribution is 0.669. The van der Waals surface area contributed by atoms with Crippen LogP contribution in [0.2, 0.25) is 0 Å². The predicted molar refractivity (Wildman–Crippen MR) is 219 cm³/mol. The second-order valence-electron chi connectivity index (χ2n) is 13.7. The number of nitrogens with zero attached hydrogens (tertiary/aromatic N) is 2. The fraction of sp³-hybridized carbons (Fsp3) is 0. The van der Waals surface area contributed by atoms with E-state index in [2.05, 4.69) is 186 Å². The number of fused-ring (bicyclic) bond motifs is 7. The highest BCUT2D eigenvalue weighted by Crippen LogP contribution is 2.44. The van der Waals surface area contributed by atoms with E-state index in [0.29, 0.717) is 0 Å². The zero-order valence-electron chi connectivity index (χ0n) is 28.3. The summed E-state index contributed by atoms with van der Waals surface area (Å²) in [5.41, 5.74) is 17.7. The first-order valence-corrected chi connectivity index (χ1v) is 17.9. The molecule has 242 valence electrons. The molecule has 8 aromatic carbocycles. The summed E-state index contributed by atoms with van der Waals surface area (Å²) in [5.74, 6) is 0. The van der Waals surface area contributed by atoms with Crippen molar-refractivity contribution in [3.63, 3.8) is 0 Å². The molecule has 0 spiro atoms. The van der Waals surface area contributed by atoms with E-state index in [1.165, 1.54) is 61.4 Å². The molecule has 0 atom stereocenters. The molecule has 11 rings (SSSR count). The molecule has 3 heterocycles. The molecule has 0 unspecified atom stereocenters. The lowest BCUT2D eigenvalue weighted by atomic mass is 9.33. The van der Waals surface area contributed by atoms with E-state index in [1.807, 2.05) is 12.1 Å². The minimum absolute atomic E-state index is 0.0963. The van der Waals surface area contributed by atoms with Crippen LogP contribution in [-0.4, -0.2) is 6.71 Å². The van der Waals surface area contributed by atoms with Crippen molar-refractivity contribution in [3.8, 4) is 22.3 Å². The second kappa shape index (κ2) is 11.4. The molecular formula is C48H31BN2O. The maximum absolute atomic E-state index is 6.20. The molecule has 2 aliphatic heterocycles. The summed E-state index contributed by atoms with van der Waals surface area (Å²) in [4.78, 5) is 4.89. The Hall–Kier alpha value is -6.78. The van der Waals surface area contributed by atoms with Crippen molar-refractivity contribution in [1.29, 1.82) is 0 Å². The number of benzene rings is 8. The minimum atomic E-state index is 0.0963. The van der Waals surface area contributed by atoms with Gasteiger partial charge in [0.1, 0.15) is 11.2 Å². The van der Waals surface area contributed by atoms with Crippen molar-refractivity contribution in [1.82, 2.24) is 0 Å². The summed E-state index contributed by atoms with van der Waals surface area (Å²) in [5, 5.41) is 2.31. The number of anilines is 6. The third-order valence-corrected chi connectivity index (χ3v) is 10.9. The Bertz CT molecular complexity index is 2810. The number of furan rings is 1. The Morgan fingerprint density at radius 1 is 0.385 bits per heavy atom. The smallest absolute Gasteiger partial charge is 0.252 e. The van der Waals surface area contributed by atoms with Crippen LogP contribution >= 0.6 is 0 Å². The maximum atomic E-state index is 6.20. The van der Waals surface area contributed by atoms with Gasteiger partial charge in [0.05, 0.1) is 0 Å². The molecule has 0 saturated carbocycles. The first kappa shape index (κ1) is 29.0. The summed E-state index contributed by atoms with van der Waals surface area (Å²) in [6.45, 7) is 0.0963. The molecule has 0 aliphatic carbocycles. The molecule has 0 N–H and O–H groups in total. The van der Waals surface area contributed by atoms with Crippen LogP contribution in [-0.2, 0) is 0 Å². The minimum Gasteiger partial charge on any atom is -0.456 e. The van der Waals surface area contributed by atoms with Gasteiger partial charge in [-0.25, -0.2) is 0 Å². The van der Waals surface area contributed by atoms with Crippen molar-refractivity contribution in [3.05, 3.63) is 188 Å². The Morgan fingerprint density at radius 2 is 0.942 bits per heavy atom. The first-order chi connectivity index (χ1) is 25.8. The van der Waals surface area contributed by atoms with E-state index in [4.69, 9.17) is 4.42 Å². The van der Waals surface area contributed by atoms with E-state index >= 15 is 0 Å². The number of rotatable bonds is 4. The average molecular weight is 663 g/mol. The zero-order chi connectivity index (χ0) is 34.2. The molecule has 9 aromatic rings. The van der Waals surface area contributed by atoms with Gasteiger partial charge in [0, 0.05) is 44.9 Å². The molecule has 2 aliphatic rings. The van der Waals surface area contributed by atoms with E-state index < -0.39 is 0 Å². The van der Waals surface area contributed by atoms with Gasteiger partial charge in [0.25, 0.3) is 6.71 Å².